The Bertz CT molecular complexity index is 442. The summed E-state index contributed by atoms with van der Waals surface area (Å²) in [6, 6.07) is 9.09. The first-order valence-corrected chi connectivity index (χ1v) is 4.64. The Morgan fingerprint density at radius 2 is 2.07 bits per heavy atom. The van der Waals surface area contributed by atoms with Gasteiger partial charge in [0.05, 0.1) is 0 Å². The van der Waals surface area contributed by atoms with Gasteiger partial charge >= 0.3 is 0 Å². The molecule has 2 aromatic rings. The van der Waals surface area contributed by atoms with E-state index in [1.165, 1.54) is 0 Å². The minimum absolute atomic E-state index is 0.279. The highest BCUT2D eigenvalue weighted by atomic mass is 35.5. The van der Waals surface area contributed by atoms with Gasteiger partial charge < -0.3 is 0 Å². The van der Waals surface area contributed by atoms with E-state index in [1.807, 2.05) is 18.2 Å². The Labute approximate surface area is 90.5 Å². The number of H-pyrrole nitrogens is 1. The Balaban J connectivity index is 2.42. The van der Waals surface area contributed by atoms with Crippen molar-refractivity contribution in [3.8, 4) is 0 Å². The summed E-state index contributed by atoms with van der Waals surface area (Å²) in [6.45, 7) is 0. The molecule has 0 fully saturated rings. The molecule has 1 aromatic carbocycles. The van der Waals surface area contributed by atoms with E-state index in [2.05, 4.69) is 20.6 Å². The molecule has 1 unspecified atom stereocenters. The lowest BCUT2D eigenvalue weighted by Gasteiger charge is -2.07. The first-order valence-electron chi connectivity index (χ1n) is 4.26. The van der Waals surface area contributed by atoms with Crippen molar-refractivity contribution in [1.29, 1.82) is 0 Å². The Morgan fingerprint density at radius 3 is 2.60 bits per heavy atom. The predicted molar refractivity (Wildman–Crippen MR) is 53.3 cm³/mol. The number of rotatable bonds is 3. The number of aromatic nitrogens is 4. The van der Waals surface area contributed by atoms with Crippen molar-refractivity contribution in [1.82, 2.24) is 20.6 Å². The van der Waals surface area contributed by atoms with E-state index in [-0.39, 0.29) is 5.82 Å². The average Bonchev–Trinajstić information content (AvgIpc) is 2.72. The lowest BCUT2D eigenvalue weighted by atomic mass is 10.0. The maximum atomic E-state index is 11.3. The van der Waals surface area contributed by atoms with Crippen LogP contribution in [0.2, 0.25) is 0 Å². The second kappa shape index (κ2) is 4.18. The van der Waals surface area contributed by atoms with Crippen LogP contribution < -0.4 is 0 Å². The highest BCUT2D eigenvalue weighted by Crippen LogP contribution is 2.23. The zero-order valence-electron chi connectivity index (χ0n) is 7.59. The zero-order chi connectivity index (χ0) is 10.7. The van der Waals surface area contributed by atoms with Gasteiger partial charge in [-0.15, -0.1) is 10.2 Å². The molecule has 0 saturated heterocycles. The number of carbonyl (C=O) groups is 1. The number of benzene rings is 1. The molecule has 1 atom stereocenters. The Hall–Kier alpha value is -1.75. The van der Waals surface area contributed by atoms with E-state index in [9.17, 15) is 4.79 Å². The highest BCUT2D eigenvalue weighted by molar-refractivity contribution is 6.65. The lowest BCUT2D eigenvalue weighted by Crippen LogP contribution is -2.10. The first-order chi connectivity index (χ1) is 7.29. The van der Waals surface area contributed by atoms with Crippen molar-refractivity contribution in [2.75, 3.05) is 0 Å². The van der Waals surface area contributed by atoms with Crippen LogP contribution in [0.15, 0.2) is 30.3 Å². The summed E-state index contributed by atoms with van der Waals surface area (Å²) < 4.78 is 0. The molecule has 0 aliphatic heterocycles. The minimum Gasteiger partial charge on any atom is -0.280 e. The fourth-order valence-electron chi connectivity index (χ4n) is 1.32. The van der Waals surface area contributed by atoms with Crippen molar-refractivity contribution in [2.45, 2.75) is 5.92 Å². The molecule has 0 amide bonds. The number of hydrogen-bond donors (Lipinski definition) is 1. The minimum atomic E-state index is -0.661. The van der Waals surface area contributed by atoms with Crippen molar-refractivity contribution < 1.29 is 4.79 Å². The van der Waals surface area contributed by atoms with Crippen LogP contribution in [-0.2, 0) is 4.79 Å². The molecule has 0 bridgehead atoms. The lowest BCUT2D eigenvalue weighted by molar-refractivity contribution is -0.112. The molecule has 1 heterocycles. The van der Waals surface area contributed by atoms with Crippen molar-refractivity contribution in [3.05, 3.63) is 41.7 Å². The summed E-state index contributed by atoms with van der Waals surface area (Å²) in [4.78, 5) is 11.3. The summed E-state index contributed by atoms with van der Waals surface area (Å²) in [6.07, 6.45) is 0. The summed E-state index contributed by atoms with van der Waals surface area (Å²) in [5, 5.41) is 12.7. The van der Waals surface area contributed by atoms with Gasteiger partial charge in [0, 0.05) is 0 Å². The molecule has 76 valence electrons. The van der Waals surface area contributed by atoms with Crippen LogP contribution in [0.5, 0.6) is 0 Å². The molecular formula is C9H7ClN4O. The summed E-state index contributed by atoms with van der Waals surface area (Å²) >= 11 is 5.51. The Morgan fingerprint density at radius 1 is 1.33 bits per heavy atom. The van der Waals surface area contributed by atoms with Crippen LogP contribution in [-0.4, -0.2) is 25.9 Å². The number of nitrogens with zero attached hydrogens (tertiary/aromatic N) is 3. The van der Waals surface area contributed by atoms with Gasteiger partial charge in [0.1, 0.15) is 5.92 Å². The van der Waals surface area contributed by atoms with Crippen LogP contribution in [0.4, 0.5) is 0 Å². The Kier molecular flexibility index (Phi) is 2.73. The van der Waals surface area contributed by atoms with Crippen molar-refractivity contribution >= 4 is 16.8 Å². The van der Waals surface area contributed by atoms with Gasteiger partial charge in [-0.05, 0) is 17.2 Å². The third kappa shape index (κ3) is 2.02. The number of carbonyl (C=O) groups excluding carboxylic acids is 1. The molecule has 1 N–H and O–H groups in total. The van der Waals surface area contributed by atoms with Crippen molar-refractivity contribution in [3.63, 3.8) is 0 Å². The number of aromatic amines is 1. The molecule has 0 radical (unpaired) electrons. The van der Waals surface area contributed by atoms with Gasteiger partial charge in [-0.1, -0.05) is 35.5 Å². The normalized spacial score (nSPS) is 12.3. The SMILES string of the molecule is O=C(Cl)C(c1ccccc1)c1nn[nH]n1. The topological polar surface area (TPSA) is 71.5 Å². The molecule has 0 aliphatic rings. The standard InChI is InChI=1S/C9H7ClN4O/c10-8(15)7(9-11-13-14-12-9)6-4-2-1-3-5-6/h1-5,7H,(H,11,12,13,14). The number of halogens is 1. The third-order valence-electron chi connectivity index (χ3n) is 1.98. The van der Waals surface area contributed by atoms with Gasteiger partial charge in [0.15, 0.2) is 5.82 Å². The second-order valence-electron chi connectivity index (χ2n) is 2.92. The summed E-state index contributed by atoms with van der Waals surface area (Å²) in [5.74, 6) is -0.382. The molecule has 6 heteroatoms. The molecule has 0 spiro atoms. The fourth-order valence-corrected chi connectivity index (χ4v) is 1.54. The van der Waals surface area contributed by atoms with E-state index < -0.39 is 11.2 Å². The smallest absolute Gasteiger partial charge is 0.236 e. The third-order valence-corrected chi connectivity index (χ3v) is 2.20. The van der Waals surface area contributed by atoms with E-state index in [1.54, 1.807) is 12.1 Å². The molecule has 0 aliphatic carbocycles. The van der Waals surface area contributed by atoms with Gasteiger partial charge in [0.2, 0.25) is 5.24 Å². The van der Waals surface area contributed by atoms with Crippen LogP contribution in [0, 0.1) is 0 Å². The molecule has 15 heavy (non-hydrogen) atoms. The quantitative estimate of drug-likeness (QED) is 0.790. The van der Waals surface area contributed by atoms with E-state index in [0.717, 1.165) is 5.56 Å². The van der Waals surface area contributed by atoms with E-state index >= 15 is 0 Å². The van der Waals surface area contributed by atoms with Gasteiger partial charge in [-0.2, -0.15) is 5.21 Å². The molecule has 1 aromatic heterocycles. The fraction of sp³-hybridized carbons (Fsp3) is 0.111. The van der Waals surface area contributed by atoms with E-state index in [0.29, 0.717) is 0 Å². The number of hydrogen-bond acceptors (Lipinski definition) is 4. The van der Waals surface area contributed by atoms with Gasteiger partial charge in [-0.3, -0.25) is 4.79 Å². The highest BCUT2D eigenvalue weighted by Gasteiger charge is 2.24. The molecular weight excluding hydrogens is 216 g/mol. The summed E-state index contributed by atoms with van der Waals surface area (Å²) in [5.41, 5.74) is 0.749. The largest absolute Gasteiger partial charge is 0.280 e. The van der Waals surface area contributed by atoms with Crippen LogP contribution in [0.25, 0.3) is 0 Å². The van der Waals surface area contributed by atoms with Crippen molar-refractivity contribution in [2.24, 2.45) is 0 Å². The monoisotopic (exact) mass is 222 g/mol. The molecule has 5 nitrogen and oxygen atoms in total. The average molecular weight is 223 g/mol. The molecule has 0 saturated carbocycles. The van der Waals surface area contributed by atoms with Crippen LogP contribution in [0.1, 0.15) is 17.3 Å². The number of tetrazole rings is 1. The molecule has 2 rings (SSSR count). The number of nitrogens with one attached hydrogen (secondary N) is 1. The van der Waals surface area contributed by atoms with E-state index in [4.69, 9.17) is 11.6 Å². The van der Waals surface area contributed by atoms with Crippen LogP contribution in [0.3, 0.4) is 0 Å². The first kappa shape index (κ1) is 9.79. The summed E-state index contributed by atoms with van der Waals surface area (Å²) in [7, 11) is 0. The van der Waals surface area contributed by atoms with Gasteiger partial charge in [0.25, 0.3) is 0 Å². The maximum absolute atomic E-state index is 11.3. The maximum Gasteiger partial charge on any atom is 0.236 e. The predicted octanol–water partition coefficient (Wildman–Crippen LogP) is 1.10. The second-order valence-corrected chi connectivity index (χ2v) is 3.29. The van der Waals surface area contributed by atoms with Gasteiger partial charge in [-0.25, -0.2) is 0 Å². The zero-order valence-corrected chi connectivity index (χ0v) is 8.35. The van der Waals surface area contributed by atoms with Crippen LogP contribution >= 0.6 is 11.6 Å².